The lowest BCUT2D eigenvalue weighted by atomic mass is 10.2. The number of benzene rings is 1. The quantitative estimate of drug-likeness (QED) is 0.820. The molecule has 1 N–H and O–H groups in total. The van der Waals surface area contributed by atoms with Crippen molar-refractivity contribution in [3.05, 3.63) is 29.1 Å². The van der Waals surface area contributed by atoms with Gasteiger partial charge in [-0.25, -0.2) is 0 Å². The van der Waals surface area contributed by atoms with Crippen molar-refractivity contribution in [2.24, 2.45) is 0 Å². The number of carbonyl (C=O) groups is 2. The number of hydrogen-bond donors (Lipinski definition) is 1. The normalized spacial score (nSPS) is 14.8. The van der Waals surface area contributed by atoms with Gasteiger partial charge in [0.05, 0.1) is 12.0 Å². The van der Waals surface area contributed by atoms with Gasteiger partial charge < -0.3 is 19.6 Å². The molecule has 1 fully saturated rings. The first kappa shape index (κ1) is 17.7. The predicted octanol–water partition coefficient (Wildman–Crippen LogP) is 2.53. The molecule has 1 amide bonds. The second kappa shape index (κ2) is 7.84. The lowest BCUT2D eigenvalue weighted by Crippen LogP contribution is -2.40. The monoisotopic (exact) mass is 362 g/mol. The number of amides is 1. The highest BCUT2D eigenvalue weighted by molar-refractivity contribution is 7.20. The Kier molecular flexibility index (Phi) is 5.55. The van der Waals surface area contributed by atoms with Crippen LogP contribution in [0.5, 0.6) is 5.75 Å². The van der Waals surface area contributed by atoms with Crippen LogP contribution in [-0.4, -0.2) is 66.6 Å². The first-order valence-corrected chi connectivity index (χ1v) is 9.19. The molecule has 0 atom stereocenters. The molecule has 134 valence electrons. The summed E-state index contributed by atoms with van der Waals surface area (Å²) in [6, 6.07) is 7.48. The molecule has 0 bridgehead atoms. The maximum Gasteiger partial charge on any atom is 0.323 e. The molecule has 0 unspecified atom stereocenters. The fourth-order valence-corrected chi connectivity index (χ4v) is 4.14. The number of carboxylic acids is 1. The summed E-state index contributed by atoms with van der Waals surface area (Å²) in [4.78, 5) is 28.3. The van der Waals surface area contributed by atoms with E-state index in [-0.39, 0.29) is 12.5 Å². The van der Waals surface area contributed by atoms with E-state index in [1.807, 2.05) is 24.3 Å². The van der Waals surface area contributed by atoms with Gasteiger partial charge in [-0.15, -0.1) is 11.3 Å². The van der Waals surface area contributed by atoms with Gasteiger partial charge >= 0.3 is 5.97 Å². The Bertz CT molecular complexity index is 768. The molecular weight excluding hydrogens is 340 g/mol. The standard InChI is InChI=1S/C18H22N2O4S/c1-24-14-5-4-13-10-16(25-15(13)11-14)18(23)20(12-17(21)22)9-8-19-6-2-3-7-19/h4-5,10-11H,2-3,6-9,12H2,1H3,(H,21,22). The van der Waals surface area contributed by atoms with E-state index in [1.54, 1.807) is 7.11 Å². The van der Waals surface area contributed by atoms with Gasteiger partial charge in [-0.1, -0.05) is 0 Å². The predicted molar refractivity (Wildman–Crippen MR) is 97.6 cm³/mol. The molecule has 1 aromatic heterocycles. The Morgan fingerprint density at radius 3 is 2.72 bits per heavy atom. The summed E-state index contributed by atoms with van der Waals surface area (Å²) in [6.45, 7) is 2.93. The number of ether oxygens (including phenoxy) is 1. The van der Waals surface area contributed by atoms with Crippen molar-refractivity contribution < 1.29 is 19.4 Å². The number of carbonyl (C=O) groups excluding carboxylic acids is 1. The highest BCUT2D eigenvalue weighted by Crippen LogP contribution is 2.30. The third-order valence-electron chi connectivity index (χ3n) is 4.44. The Balaban J connectivity index is 1.76. The molecule has 2 aromatic rings. The Hall–Kier alpha value is -2.12. The summed E-state index contributed by atoms with van der Waals surface area (Å²) in [6.07, 6.45) is 2.34. The van der Waals surface area contributed by atoms with Gasteiger partial charge in [-0.2, -0.15) is 0 Å². The molecular formula is C18H22N2O4S. The molecule has 1 aliphatic heterocycles. The molecule has 2 heterocycles. The summed E-state index contributed by atoms with van der Waals surface area (Å²) in [5, 5.41) is 10.1. The van der Waals surface area contributed by atoms with Gasteiger partial charge in [-0.3, -0.25) is 9.59 Å². The number of methoxy groups -OCH3 is 1. The maximum atomic E-state index is 12.8. The number of nitrogens with zero attached hydrogens (tertiary/aromatic N) is 2. The van der Waals surface area contributed by atoms with Gasteiger partial charge in [0, 0.05) is 17.8 Å². The highest BCUT2D eigenvalue weighted by Gasteiger charge is 2.22. The fraction of sp³-hybridized carbons (Fsp3) is 0.444. The van der Waals surface area contributed by atoms with Crippen molar-refractivity contribution in [1.82, 2.24) is 9.80 Å². The summed E-state index contributed by atoms with van der Waals surface area (Å²) >= 11 is 1.37. The Labute approximate surface area is 150 Å². The van der Waals surface area contributed by atoms with Gasteiger partial charge in [-0.05, 0) is 55.6 Å². The molecule has 25 heavy (non-hydrogen) atoms. The van der Waals surface area contributed by atoms with Crippen LogP contribution in [0.2, 0.25) is 0 Å². The van der Waals surface area contributed by atoms with E-state index in [9.17, 15) is 9.59 Å². The van der Waals surface area contributed by atoms with Crippen molar-refractivity contribution in [3.63, 3.8) is 0 Å². The van der Waals surface area contributed by atoms with E-state index < -0.39 is 5.97 Å². The Morgan fingerprint density at radius 2 is 2.04 bits per heavy atom. The summed E-state index contributed by atoms with van der Waals surface area (Å²) in [7, 11) is 1.60. The minimum Gasteiger partial charge on any atom is -0.497 e. The van der Waals surface area contributed by atoms with Crippen LogP contribution < -0.4 is 4.74 Å². The van der Waals surface area contributed by atoms with E-state index in [2.05, 4.69) is 4.90 Å². The molecule has 3 rings (SSSR count). The molecule has 0 saturated carbocycles. The number of carboxylic acid groups (broad SMARTS) is 1. The molecule has 6 nitrogen and oxygen atoms in total. The van der Waals surface area contributed by atoms with Gasteiger partial charge in [0.25, 0.3) is 5.91 Å². The Morgan fingerprint density at radius 1 is 1.28 bits per heavy atom. The van der Waals surface area contributed by atoms with Crippen molar-refractivity contribution in [2.75, 3.05) is 39.8 Å². The zero-order valence-electron chi connectivity index (χ0n) is 14.2. The largest absolute Gasteiger partial charge is 0.497 e. The average Bonchev–Trinajstić information content (AvgIpc) is 3.25. The minimum atomic E-state index is -0.988. The average molecular weight is 362 g/mol. The van der Waals surface area contributed by atoms with Crippen LogP contribution in [0.25, 0.3) is 10.1 Å². The van der Waals surface area contributed by atoms with Crippen LogP contribution in [0, 0.1) is 0 Å². The molecule has 1 aromatic carbocycles. The van der Waals surface area contributed by atoms with Gasteiger partial charge in [0.1, 0.15) is 12.3 Å². The van der Waals surface area contributed by atoms with Crippen molar-refractivity contribution in [2.45, 2.75) is 12.8 Å². The maximum absolute atomic E-state index is 12.8. The molecule has 0 spiro atoms. The number of thiophene rings is 1. The van der Waals surface area contributed by atoms with Crippen LogP contribution in [0.4, 0.5) is 0 Å². The molecule has 7 heteroatoms. The third kappa shape index (κ3) is 4.29. The van der Waals surface area contributed by atoms with E-state index in [4.69, 9.17) is 9.84 Å². The number of fused-ring (bicyclic) bond motifs is 1. The molecule has 0 radical (unpaired) electrons. The lowest BCUT2D eigenvalue weighted by molar-refractivity contribution is -0.137. The van der Waals surface area contributed by atoms with Crippen molar-refractivity contribution >= 4 is 33.3 Å². The van der Waals surface area contributed by atoms with Crippen molar-refractivity contribution in [3.8, 4) is 5.75 Å². The summed E-state index contributed by atoms with van der Waals surface area (Å²) in [5.41, 5.74) is 0. The zero-order chi connectivity index (χ0) is 17.8. The third-order valence-corrected chi connectivity index (χ3v) is 5.52. The second-order valence-electron chi connectivity index (χ2n) is 6.18. The lowest BCUT2D eigenvalue weighted by Gasteiger charge is -2.23. The van der Waals surface area contributed by atoms with Crippen molar-refractivity contribution in [1.29, 1.82) is 0 Å². The first-order valence-electron chi connectivity index (χ1n) is 8.38. The smallest absolute Gasteiger partial charge is 0.323 e. The van der Waals surface area contributed by atoms with E-state index in [0.29, 0.717) is 11.4 Å². The van der Waals surface area contributed by atoms with Crippen LogP contribution in [0.3, 0.4) is 0 Å². The van der Waals surface area contributed by atoms with Gasteiger partial charge in [0.15, 0.2) is 0 Å². The number of aliphatic carboxylic acids is 1. The van der Waals surface area contributed by atoms with E-state index >= 15 is 0 Å². The number of hydrogen-bond acceptors (Lipinski definition) is 5. The van der Waals surface area contributed by atoms with Crippen LogP contribution in [-0.2, 0) is 4.79 Å². The topological polar surface area (TPSA) is 70.1 Å². The molecule has 1 saturated heterocycles. The zero-order valence-corrected chi connectivity index (χ0v) is 15.1. The fourth-order valence-electron chi connectivity index (χ4n) is 3.08. The minimum absolute atomic E-state index is 0.221. The SMILES string of the molecule is COc1ccc2cc(C(=O)N(CCN3CCCC3)CC(=O)O)sc2c1. The summed E-state index contributed by atoms with van der Waals surface area (Å²) < 4.78 is 6.17. The second-order valence-corrected chi connectivity index (χ2v) is 7.27. The first-order chi connectivity index (χ1) is 12.1. The van der Waals surface area contributed by atoms with Crippen LogP contribution in [0.1, 0.15) is 22.5 Å². The highest BCUT2D eigenvalue weighted by atomic mass is 32.1. The van der Waals surface area contributed by atoms with Gasteiger partial charge in [0.2, 0.25) is 0 Å². The number of likely N-dealkylation sites (tertiary alicyclic amines) is 1. The summed E-state index contributed by atoms with van der Waals surface area (Å²) in [5.74, 6) is -0.468. The molecule has 0 aliphatic carbocycles. The van der Waals surface area contributed by atoms with E-state index in [0.717, 1.165) is 35.5 Å². The van der Waals surface area contributed by atoms with E-state index in [1.165, 1.54) is 29.1 Å². The molecule has 1 aliphatic rings. The van der Waals surface area contributed by atoms with Crippen LogP contribution >= 0.6 is 11.3 Å². The number of rotatable bonds is 7. The van der Waals surface area contributed by atoms with Crippen LogP contribution in [0.15, 0.2) is 24.3 Å².